The number of hydrogen-bond acceptors (Lipinski definition) is 2. The highest BCUT2D eigenvalue weighted by Gasteiger charge is 2.50. The average Bonchev–Trinajstić information content (AvgIpc) is 2.29. The summed E-state index contributed by atoms with van der Waals surface area (Å²) in [6.07, 6.45) is 1.11. The Hall–Kier alpha value is -1.35. The summed E-state index contributed by atoms with van der Waals surface area (Å²) >= 11 is 0. The van der Waals surface area contributed by atoms with Gasteiger partial charge in [0.1, 0.15) is 0 Å². The van der Waals surface area contributed by atoms with Gasteiger partial charge in [0.2, 0.25) is 0 Å². The molecule has 3 aliphatic rings. The Morgan fingerprint density at radius 2 is 1.88 bits per heavy atom. The van der Waals surface area contributed by atoms with Crippen molar-refractivity contribution < 1.29 is 9.90 Å². The molecule has 4 rings (SSSR count). The summed E-state index contributed by atoms with van der Waals surface area (Å²) in [5.41, 5.74) is 1.32. The third kappa shape index (κ3) is 1.95. The normalized spacial score (nSPS) is 31.9. The van der Waals surface area contributed by atoms with Gasteiger partial charge < -0.3 is 5.11 Å². The quantitative estimate of drug-likeness (QED) is 0.863. The molecule has 0 radical (unpaired) electrons. The summed E-state index contributed by atoms with van der Waals surface area (Å²) < 4.78 is 0. The summed E-state index contributed by atoms with van der Waals surface area (Å²) in [6.45, 7) is 2.85. The Kier molecular flexibility index (Phi) is 2.63. The monoisotopic (exact) mass is 231 g/mol. The molecule has 1 N–H and O–H groups in total. The lowest BCUT2D eigenvalue weighted by Gasteiger charge is -2.51. The van der Waals surface area contributed by atoms with E-state index in [-0.39, 0.29) is 5.92 Å². The molecule has 3 nitrogen and oxygen atoms in total. The number of benzene rings is 1. The first-order valence-corrected chi connectivity index (χ1v) is 6.23. The summed E-state index contributed by atoms with van der Waals surface area (Å²) in [6, 6.07) is 10.4. The molecule has 2 aliphatic heterocycles. The van der Waals surface area contributed by atoms with Crippen LogP contribution in [0.1, 0.15) is 12.0 Å². The molecular weight excluding hydrogens is 214 g/mol. The molecule has 90 valence electrons. The Morgan fingerprint density at radius 1 is 1.24 bits per heavy atom. The van der Waals surface area contributed by atoms with Crippen LogP contribution in [0.4, 0.5) is 0 Å². The highest BCUT2D eigenvalue weighted by Crippen LogP contribution is 2.45. The zero-order valence-corrected chi connectivity index (χ0v) is 9.75. The van der Waals surface area contributed by atoms with Crippen LogP contribution in [0.15, 0.2) is 30.3 Å². The van der Waals surface area contributed by atoms with Crippen molar-refractivity contribution in [3.63, 3.8) is 0 Å². The van der Waals surface area contributed by atoms with Gasteiger partial charge in [-0.2, -0.15) is 0 Å². The predicted molar refractivity (Wildman–Crippen MR) is 64.4 cm³/mol. The number of piperidine rings is 2. The van der Waals surface area contributed by atoms with E-state index in [1.54, 1.807) is 0 Å². The molecule has 0 aromatic heterocycles. The van der Waals surface area contributed by atoms with Gasteiger partial charge in [-0.3, -0.25) is 9.69 Å². The lowest BCUT2D eigenvalue weighted by Crippen LogP contribution is -2.57. The second-order valence-electron chi connectivity index (χ2n) is 5.30. The lowest BCUT2D eigenvalue weighted by atomic mass is 9.61. The van der Waals surface area contributed by atoms with Gasteiger partial charge in [0.05, 0.1) is 5.92 Å². The van der Waals surface area contributed by atoms with Gasteiger partial charge in [0.15, 0.2) is 0 Å². The number of fused-ring (bicyclic) bond motifs is 2. The Labute approximate surface area is 101 Å². The van der Waals surface area contributed by atoms with E-state index in [1.807, 2.05) is 6.07 Å². The SMILES string of the molecule is O=C(O)C1[C@@H]2C[C@H]1CN(Cc1ccccc1)C2. The first-order valence-electron chi connectivity index (χ1n) is 6.23. The van der Waals surface area contributed by atoms with E-state index in [1.165, 1.54) is 5.56 Å². The maximum absolute atomic E-state index is 11.0. The third-order valence-corrected chi connectivity index (χ3v) is 4.14. The molecule has 2 heterocycles. The molecule has 3 atom stereocenters. The predicted octanol–water partition coefficient (Wildman–Crippen LogP) is 1.84. The number of nitrogens with zero attached hydrogens (tertiary/aromatic N) is 1. The second kappa shape index (κ2) is 4.15. The van der Waals surface area contributed by atoms with Crippen LogP contribution in [0.3, 0.4) is 0 Å². The number of rotatable bonds is 3. The molecular formula is C14H17NO2. The minimum Gasteiger partial charge on any atom is -0.481 e. The van der Waals surface area contributed by atoms with Crippen LogP contribution in [0.2, 0.25) is 0 Å². The van der Waals surface area contributed by atoms with E-state index in [9.17, 15) is 4.79 Å². The van der Waals surface area contributed by atoms with Gasteiger partial charge in [-0.05, 0) is 23.8 Å². The first kappa shape index (κ1) is 10.8. The standard InChI is InChI=1S/C14H17NO2/c16-14(17)13-11-6-12(13)9-15(8-11)7-10-4-2-1-3-5-10/h1-5,11-13H,6-9H2,(H,16,17)/t11-,12+,13?. The Morgan fingerprint density at radius 3 is 2.47 bits per heavy atom. The summed E-state index contributed by atoms with van der Waals surface area (Å²) in [5.74, 6) is 0.109. The fraction of sp³-hybridized carbons (Fsp3) is 0.500. The zero-order valence-electron chi connectivity index (χ0n) is 9.75. The van der Waals surface area contributed by atoms with Crippen molar-refractivity contribution >= 4 is 5.97 Å². The van der Waals surface area contributed by atoms with Gasteiger partial charge in [-0.1, -0.05) is 30.3 Å². The minimum absolute atomic E-state index is 0.0676. The summed E-state index contributed by atoms with van der Waals surface area (Å²) in [5, 5.41) is 9.10. The molecule has 3 heteroatoms. The fourth-order valence-electron chi connectivity index (χ4n) is 3.36. The van der Waals surface area contributed by atoms with Crippen LogP contribution in [0.25, 0.3) is 0 Å². The van der Waals surface area contributed by atoms with Crippen molar-refractivity contribution in [1.29, 1.82) is 0 Å². The van der Waals surface area contributed by atoms with Crippen LogP contribution in [0.5, 0.6) is 0 Å². The second-order valence-corrected chi connectivity index (χ2v) is 5.30. The van der Waals surface area contributed by atoms with Gasteiger partial charge in [-0.25, -0.2) is 0 Å². The molecule has 1 saturated carbocycles. The smallest absolute Gasteiger partial charge is 0.307 e. The molecule has 2 saturated heterocycles. The van der Waals surface area contributed by atoms with Gasteiger partial charge in [0, 0.05) is 19.6 Å². The summed E-state index contributed by atoms with van der Waals surface area (Å²) in [7, 11) is 0. The fourth-order valence-corrected chi connectivity index (χ4v) is 3.36. The maximum atomic E-state index is 11.0. The molecule has 1 aromatic carbocycles. The number of aliphatic carboxylic acids is 1. The van der Waals surface area contributed by atoms with Crippen molar-refractivity contribution in [2.45, 2.75) is 13.0 Å². The van der Waals surface area contributed by atoms with Crippen molar-refractivity contribution in [3.05, 3.63) is 35.9 Å². The van der Waals surface area contributed by atoms with Gasteiger partial charge >= 0.3 is 5.97 Å². The van der Waals surface area contributed by atoms with E-state index in [0.29, 0.717) is 11.8 Å². The Bertz CT molecular complexity index is 405. The largest absolute Gasteiger partial charge is 0.481 e. The number of hydrogen-bond donors (Lipinski definition) is 1. The van der Waals surface area contributed by atoms with Gasteiger partial charge in [0.25, 0.3) is 0 Å². The average molecular weight is 231 g/mol. The molecule has 1 aromatic rings. The third-order valence-electron chi connectivity index (χ3n) is 4.14. The lowest BCUT2D eigenvalue weighted by molar-refractivity contribution is -0.159. The topological polar surface area (TPSA) is 40.5 Å². The Balaban J connectivity index is 1.61. The molecule has 1 aliphatic carbocycles. The van der Waals surface area contributed by atoms with Crippen molar-refractivity contribution in [2.75, 3.05) is 13.1 Å². The van der Waals surface area contributed by atoms with E-state index < -0.39 is 5.97 Å². The van der Waals surface area contributed by atoms with Crippen LogP contribution in [-0.2, 0) is 11.3 Å². The molecule has 0 spiro atoms. The molecule has 17 heavy (non-hydrogen) atoms. The van der Waals surface area contributed by atoms with Crippen LogP contribution in [0, 0.1) is 17.8 Å². The van der Waals surface area contributed by atoms with Gasteiger partial charge in [-0.15, -0.1) is 0 Å². The van der Waals surface area contributed by atoms with Crippen LogP contribution < -0.4 is 0 Å². The molecule has 3 fully saturated rings. The molecule has 2 bridgehead atoms. The first-order chi connectivity index (χ1) is 8.24. The van der Waals surface area contributed by atoms with Crippen LogP contribution >= 0.6 is 0 Å². The van der Waals surface area contributed by atoms with Crippen molar-refractivity contribution in [1.82, 2.24) is 4.90 Å². The van der Waals surface area contributed by atoms with E-state index in [4.69, 9.17) is 5.11 Å². The number of carboxylic acids is 1. The van der Waals surface area contributed by atoms with E-state index in [0.717, 1.165) is 26.1 Å². The van der Waals surface area contributed by atoms with Crippen molar-refractivity contribution in [3.8, 4) is 0 Å². The molecule has 1 unspecified atom stereocenters. The maximum Gasteiger partial charge on any atom is 0.307 e. The minimum atomic E-state index is -0.592. The highest BCUT2D eigenvalue weighted by atomic mass is 16.4. The zero-order chi connectivity index (χ0) is 11.8. The van der Waals surface area contributed by atoms with E-state index in [2.05, 4.69) is 29.2 Å². The number of carbonyl (C=O) groups is 1. The van der Waals surface area contributed by atoms with Crippen LogP contribution in [-0.4, -0.2) is 29.1 Å². The van der Waals surface area contributed by atoms with E-state index >= 15 is 0 Å². The number of carboxylic acid groups (broad SMARTS) is 1. The highest BCUT2D eigenvalue weighted by molar-refractivity contribution is 5.72. The summed E-state index contributed by atoms with van der Waals surface area (Å²) in [4.78, 5) is 13.4. The molecule has 0 amide bonds. The van der Waals surface area contributed by atoms with Crippen molar-refractivity contribution in [2.24, 2.45) is 17.8 Å².